The number of hydrogen-bond donors (Lipinski definition) is 0. The summed E-state index contributed by atoms with van der Waals surface area (Å²) in [4.78, 5) is 15.5. The molecular formula is C17H15ClN2O4. The Balaban J connectivity index is 2.21. The maximum Gasteiger partial charge on any atom is 0.278 e. The molecule has 0 radical (unpaired) electrons. The first-order valence-electron chi connectivity index (χ1n) is 7.29. The van der Waals surface area contributed by atoms with Crippen LogP contribution < -0.4 is 9.47 Å². The number of benzene rings is 2. The lowest BCUT2D eigenvalue weighted by molar-refractivity contribution is -0.385. The third-order valence-corrected chi connectivity index (χ3v) is 4.16. The summed E-state index contributed by atoms with van der Waals surface area (Å²) in [6.45, 7) is 0.543. The maximum absolute atomic E-state index is 11.4. The molecule has 0 aromatic heterocycles. The molecule has 124 valence electrons. The van der Waals surface area contributed by atoms with E-state index in [9.17, 15) is 10.1 Å². The van der Waals surface area contributed by atoms with E-state index in [1.807, 2.05) is 6.07 Å². The summed E-state index contributed by atoms with van der Waals surface area (Å²) in [6.07, 6.45) is 0.730. The third kappa shape index (κ3) is 2.80. The minimum absolute atomic E-state index is 0.0271. The van der Waals surface area contributed by atoms with Crippen molar-refractivity contribution in [2.75, 3.05) is 20.8 Å². The van der Waals surface area contributed by atoms with Gasteiger partial charge >= 0.3 is 0 Å². The maximum atomic E-state index is 11.4. The van der Waals surface area contributed by atoms with Gasteiger partial charge in [0.15, 0.2) is 11.5 Å². The Morgan fingerprint density at radius 1 is 1.12 bits per heavy atom. The highest BCUT2D eigenvalue weighted by atomic mass is 35.5. The number of fused-ring (bicyclic) bond motifs is 1. The van der Waals surface area contributed by atoms with Crippen LogP contribution >= 0.6 is 11.6 Å². The average molecular weight is 347 g/mol. The van der Waals surface area contributed by atoms with Crippen molar-refractivity contribution in [2.24, 2.45) is 4.99 Å². The van der Waals surface area contributed by atoms with E-state index in [-0.39, 0.29) is 5.69 Å². The van der Waals surface area contributed by atoms with Crippen LogP contribution in [0.3, 0.4) is 0 Å². The van der Waals surface area contributed by atoms with Gasteiger partial charge in [-0.1, -0.05) is 11.6 Å². The van der Waals surface area contributed by atoms with Crippen LogP contribution in [0.15, 0.2) is 35.3 Å². The molecule has 1 aliphatic rings. The molecule has 7 heteroatoms. The molecule has 2 aromatic carbocycles. The molecule has 3 rings (SSSR count). The zero-order valence-electron chi connectivity index (χ0n) is 13.2. The predicted octanol–water partition coefficient (Wildman–Crippen LogP) is 3.66. The summed E-state index contributed by atoms with van der Waals surface area (Å²) in [5.41, 5.74) is 2.73. The van der Waals surface area contributed by atoms with Crippen LogP contribution in [0.2, 0.25) is 5.02 Å². The fraction of sp³-hybridized carbons (Fsp3) is 0.235. The second-order valence-electron chi connectivity index (χ2n) is 5.26. The first-order valence-corrected chi connectivity index (χ1v) is 7.67. The van der Waals surface area contributed by atoms with Gasteiger partial charge in [-0.3, -0.25) is 15.1 Å². The van der Waals surface area contributed by atoms with Gasteiger partial charge in [-0.15, -0.1) is 0 Å². The SMILES string of the molecule is COc1cc2c(cc1OC)C(c1cc(Cl)ccc1[N+](=O)[O-])=NCC2. The van der Waals surface area contributed by atoms with Crippen molar-refractivity contribution in [1.82, 2.24) is 0 Å². The van der Waals surface area contributed by atoms with Crippen LogP contribution in [-0.2, 0) is 6.42 Å². The highest BCUT2D eigenvalue weighted by Crippen LogP contribution is 2.35. The Morgan fingerprint density at radius 3 is 2.50 bits per heavy atom. The molecule has 0 unspecified atom stereocenters. The highest BCUT2D eigenvalue weighted by Gasteiger charge is 2.25. The van der Waals surface area contributed by atoms with Gasteiger partial charge in [0.1, 0.15) is 0 Å². The number of rotatable bonds is 4. The normalized spacial score (nSPS) is 13.0. The number of halogens is 1. The van der Waals surface area contributed by atoms with Crippen molar-refractivity contribution in [3.05, 3.63) is 62.2 Å². The molecule has 0 bridgehead atoms. The predicted molar refractivity (Wildman–Crippen MR) is 91.9 cm³/mol. The topological polar surface area (TPSA) is 74.0 Å². The quantitative estimate of drug-likeness (QED) is 0.625. The van der Waals surface area contributed by atoms with Crippen LogP contribution in [0.5, 0.6) is 11.5 Å². The Hall–Kier alpha value is -2.60. The minimum atomic E-state index is -0.427. The van der Waals surface area contributed by atoms with Crippen molar-refractivity contribution in [3.8, 4) is 11.5 Å². The zero-order chi connectivity index (χ0) is 17.3. The summed E-state index contributed by atoms with van der Waals surface area (Å²) in [7, 11) is 3.12. The van der Waals surface area contributed by atoms with Crippen LogP contribution in [0.1, 0.15) is 16.7 Å². The number of aliphatic imine (C=N–C) groups is 1. The molecule has 0 fully saturated rings. The van der Waals surface area contributed by atoms with E-state index in [0.717, 1.165) is 17.5 Å². The van der Waals surface area contributed by atoms with E-state index >= 15 is 0 Å². The van der Waals surface area contributed by atoms with Gasteiger partial charge in [-0.25, -0.2) is 0 Å². The molecule has 2 aromatic rings. The molecule has 1 heterocycles. The molecule has 0 saturated carbocycles. The monoisotopic (exact) mass is 346 g/mol. The summed E-state index contributed by atoms with van der Waals surface area (Å²) < 4.78 is 10.7. The lowest BCUT2D eigenvalue weighted by Crippen LogP contribution is -2.16. The van der Waals surface area contributed by atoms with Crippen LogP contribution in [0.4, 0.5) is 5.69 Å². The molecule has 0 spiro atoms. The summed E-state index contributed by atoms with van der Waals surface area (Å²) >= 11 is 6.05. The second kappa shape index (κ2) is 6.49. The van der Waals surface area contributed by atoms with Gasteiger partial charge in [0, 0.05) is 23.2 Å². The fourth-order valence-electron chi connectivity index (χ4n) is 2.81. The minimum Gasteiger partial charge on any atom is -0.493 e. The first kappa shape index (κ1) is 16.3. The van der Waals surface area contributed by atoms with Crippen LogP contribution in [0.25, 0.3) is 0 Å². The van der Waals surface area contributed by atoms with E-state index in [4.69, 9.17) is 21.1 Å². The average Bonchev–Trinajstić information content (AvgIpc) is 2.59. The largest absolute Gasteiger partial charge is 0.493 e. The molecule has 0 atom stereocenters. The van der Waals surface area contributed by atoms with Crippen molar-refractivity contribution in [3.63, 3.8) is 0 Å². The molecule has 6 nitrogen and oxygen atoms in total. The zero-order valence-corrected chi connectivity index (χ0v) is 14.0. The van der Waals surface area contributed by atoms with Gasteiger partial charge in [0.2, 0.25) is 0 Å². The number of hydrogen-bond acceptors (Lipinski definition) is 5. The molecule has 0 N–H and O–H groups in total. The molecule has 1 aliphatic heterocycles. The van der Waals surface area contributed by atoms with Gasteiger partial charge in [0.25, 0.3) is 5.69 Å². The third-order valence-electron chi connectivity index (χ3n) is 3.93. The van der Waals surface area contributed by atoms with E-state index in [1.54, 1.807) is 26.4 Å². The van der Waals surface area contributed by atoms with Crippen molar-refractivity contribution < 1.29 is 14.4 Å². The Labute approximate surface area is 143 Å². The van der Waals surface area contributed by atoms with E-state index in [0.29, 0.717) is 34.3 Å². The fourth-order valence-corrected chi connectivity index (χ4v) is 2.98. The standard InChI is InChI=1S/C17H15ClN2O4/c1-23-15-7-10-5-6-19-17(12(10)9-16(15)24-2)13-8-11(18)3-4-14(13)20(21)22/h3-4,7-9H,5-6H2,1-2H3. The number of methoxy groups -OCH3 is 2. The van der Waals surface area contributed by atoms with Crippen molar-refractivity contribution in [1.29, 1.82) is 0 Å². The number of nitro groups is 1. The van der Waals surface area contributed by atoms with Crippen LogP contribution in [0, 0.1) is 10.1 Å². The molecule has 0 saturated heterocycles. The molecule has 24 heavy (non-hydrogen) atoms. The van der Waals surface area contributed by atoms with Gasteiger partial charge < -0.3 is 9.47 Å². The van der Waals surface area contributed by atoms with Gasteiger partial charge in [-0.2, -0.15) is 0 Å². The van der Waals surface area contributed by atoms with Crippen molar-refractivity contribution >= 4 is 23.0 Å². The summed E-state index contributed by atoms with van der Waals surface area (Å²) in [5.74, 6) is 1.17. The molecular weight excluding hydrogens is 332 g/mol. The number of nitro benzene ring substituents is 1. The summed E-state index contributed by atoms with van der Waals surface area (Å²) in [6, 6.07) is 8.16. The highest BCUT2D eigenvalue weighted by molar-refractivity contribution is 6.31. The smallest absolute Gasteiger partial charge is 0.278 e. The van der Waals surface area contributed by atoms with Crippen molar-refractivity contribution in [2.45, 2.75) is 6.42 Å². The number of ether oxygens (including phenoxy) is 2. The second-order valence-corrected chi connectivity index (χ2v) is 5.70. The van der Waals surface area contributed by atoms with Gasteiger partial charge in [0.05, 0.1) is 30.4 Å². The van der Waals surface area contributed by atoms with E-state index in [1.165, 1.54) is 12.1 Å². The van der Waals surface area contributed by atoms with Crippen LogP contribution in [-0.4, -0.2) is 31.4 Å². The lowest BCUT2D eigenvalue weighted by atomic mass is 9.92. The Morgan fingerprint density at radius 2 is 1.83 bits per heavy atom. The molecule has 0 amide bonds. The number of nitrogens with zero attached hydrogens (tertiary/aromatic N) is 2. The Kier molecular flexibility index (Phi) is 4.40. The lowest BCUT2D eigenvalue weighted by Gasteiger charge is -2.20. The summed E-state index contributed by atoms with van der Waals surface area (Å²) in [5, 5.41) is 11.8. The van der Waals surface area contributed by atoms with Gasteiger partial charge in [-0.05, 0) is 36.2 Å². The molecule has 0 aliphatic carbocycles. The van der Waals surface area contributed by atoms with E-state index in [2.05, 4.69) is 4.99 Å². The first-order chi connectivity index (χ1) is 11.5. The van der Waals surface area contributed by atoms with E-state index < -0.39 is 4.92 Å². The Bertz CT molecular complexity index is 849.